The standard InChI is InChI=1S/C8H2ClF6NO2/c9-5-1-3(7(10,11)12)4(8(13,14)15)2-6(5)16(17)18/h1-2H. The molecule has 0 fully saturated rings. The fraction of sp³-hybridized carbons (Fsp3) is 0.250. The van der Waals surface area contributed by atoms with Crippen LogP contribution in [0.15, 0.2) is 12.1 Å². The molecule has 100 valence electrons. The fourth-order valence-corrected chi connectivity index (χ4v) is 1.40. The summed E-state index contributed by atoms with van der Waals surface area (Å²) < 4.78 is 74.3. The molecule has 0 unspecified atom stereocenters. The summed E-state index contributed by atoms with van der Waals surface area (Å²) in [6.45, 7) is 0. The number of benzene rings is 1. The van der Waals surface area contributed by atoms with Crippen molar-refractivity contribution in [2.24, 2.45) is 0 Å². The molecule has 3 nitrogen and oxygen atoms in total. The van der Waals surface area contributed by atoms with Crippen LogP contribution in [-0.4, -0.2) is 4.92 Å². The van der Waals surface area contributed by atoms with Crippen LogP contribution in [0.25, 0.3) is 0 Å². The van der Waals surface area contributed by atoms with Crippen molar-refractivity contribution in [3.63, 3.8) is 0 Å². The van der Waals surface area contributed by atoms with Gasteiger partial charge < -0.3 is 0 Å². The first-order valence-corrected chi connectivity index (χ1v) is 4.44. The first-order chi connectivity index (χ1) is 7.94. The van der Waals surface area contributed by atoms with Crippen molar-refractivity contribution in [3.05, 3.63) is 38.4 Å². The van der Waals surface area contributed by atoms with E-state index >= 15 is 0 Å². The minimum atomic E-state index is -5.37. The Hall–Kier alpha value is -1.51. The van der Waals surface area contributed by atoms with E-state index in [0.717, 1.165) is 0 Å². The Kier molecular flexibility index (Phi) is 3.48. The van der Waals surface area contributed by atoms with Crippen molar-refractivity contribution >= 4 is 17.3 Å². The van der Waals surface area contributed by atoms with Crippen molar-refractivity contribution in [3.8, 4) is 0 Å². The minimum Gasteiger partial charge on any atom is -0.258 e. The second kappa shape index (κ2) is 4.30. The number of alkyl halides is 6. The van der Waals surface area contributed by atoms with Crippen LogP contribution in [-0.2, 0) is 12.4 Å². The molecule has 0 bridgehead atoms. The summed E-state index contributed by atoms with van der Waals surface area (Å²) in [5, 5.41) is 9.32. The lowest BCUT2D eigenvalue weighted by Gasteiger charge is -2.15. The lowest BCUT2D eigenvalue weighted by atomic mass is 10.1. The highest BCUT2D eigenvalue weighted by Gasteiger charge is 2.44. The maximum Gasteiger partial charge on any atom is 0.417 e. The maximum absolute atomic E-state index is 12.4. The van der Waals surface area contributed by atoms with E-state index in [1.165, 1.54) is 0 Å². The van der Waals surface area contributed by atoms with E-state index < -0.39 is 39.1 Å². The van der Waals surface area contributed by atoms with E-state index in [1.807, 2.05) is 0 Å². The summed E-state index contributed by atoms with van der Waals surface area (Å²) >= 11 is 5.14. The van der Waals surface area contributed by atoms with Gasteiger partial charge in [0.05, 0.1) is 16.1 Å². The monoisotopic (exact) mass is 293 g/mol. The lowest BCUT2D eigenvalue weighted by Crippen LogP contribution is -2.17. The van der Waals surface area contributed by atoms with Gasteiger partial charge in [-0.05, 0) is 6.07 Å². The van der Waals surface area contributed by atoms with Crippen molar-refractivity contribution in [1.29, 1.82) is 0 Å². The molecule has 1 rings (SSSR count). The van der Waals surface area contributed by atoms with E-state index in [1.54, 1.807) is 0 Å². The molecular formula is C8H2ClF6NO2. The van der Waals surface area contributed by atoms with E-state index in [2.05, 4.69) is 0 Å². The van der Waals surface area contributed by atoms with Crippen LogP contribution in [0.4, 0.5) is 32.0 Å². The zero-order valence-electron chi connectivity index (χ0n) is 8.06. The van der Waals surface area contributed by atoms with E-state index in [4.69, 9.17) is 11.6 Å². The lowest BCUT2D eigenvalue weighted by molar-refractivity contribution is -0.385. The largest absolute Gasteiger partial charge is 0.417 e. The third kappa shape index (κ3) is 2.84. The predicted molar refractivity (Wildman–Crippen MR) is 48.1 cm³/mol. The molecule has 0 amide bonds. The Morgan fingerprint density at radius 3 is 1.72 bits per heavy atom. The number of hydrogen-bond acceptors (Lipinski definition) is 2. The molecular weight excluding hydrogens is 292 g/mol. The third-order valence-electron chi connectivity index (χ3n) is 1.89. The van der Waals surface area contributed by atoms with Crippen LogP contribution in [0.5, 0.6) is 0 Å². The Balaban J connectivity index is 3.64. The van der Waals surface area contributed by atoms with Gasteiger partial charge in [0.1, 0.15) is 5.02 Å². The highest BCUT2D eigenvalue weighted by molar-refractivity contribution is 6.32. The summed E-state index contributed by atoms with van der Waals surface area (Å²) in [5.74, 6) is 0. The van der Waals surface area contributed by atoms with Crippen LogP contribution in [0.2, 0.25) is 5.02 Å². The number of nitro benzene ring substituents is 1. The smallest absolute Gasteiger partial charge is 0.258 e. The fourth-order valence-electron chi connectivity index (χ4n) is 1.17. The number of nitrogens with zero attached hydrogens (tertiary/aromatic N) is 1. The molecule has 0 aromatic heterocycles. The first kappa shape index (κ1) is 14.6. The molecule has 0 radical (unpaired) electrons. The topological polar surface area (TPSA) is 43.1 Å². The van der Waals surface area contributed by atoms with E-state index in [-0.39, 0.29) is 12.1 Å². The van der Waals surface area contributed by atoms with Crippen molar-refractivity contribution in [2.45, 2.75) is 12.4 Å². The van der Waals surface area contributed by atoms with E-state index in [0.29, 0.717) is 0 Å². The molecule has 0 spiro atoms. The summed E-state index contributed by atoms with van der Waals surface area (Å²) in [6.07, 6.45) is -10.7. The van der Waals surface area contributed by atoms with Gasteiger partial charge in [0, 0.05) is 6.07 Å². The van der Waals surface area contributed by atoms with Crippen LogP contribution in [0.1, 0.15) is 11.1 Å². The van der Waals surface area contributed by atoms with Gasteiger partial charge in [-0.25, -0.2) is 0 Å². The quantitative estimate of drug-likeness (QED) is 0.440. The van der Waals surface area contributed by atoms with Crippen molar-refractivity contribution < 1.29 is 31.3 Å². The van der Waals surface area contributed by atoms with Gasteiger partial charge in [0.25, 0.3) is 5.69 Å². The summed E-state index contributed by atoms with van der Waals surface area (Å²) in [5.41, 5.74) is -5.45. The Morgan fingerprint density at radius 2 is 1.39 bits per heavy atom. The molecule has 0 N–H and O–H groups in total. The van der Waals surface area contributed by atoms with Gasteiger partial charge >= 0.3 is 12.4 Å². The van der Waals surface area contributed by atoms with Gasteiger partial charge in [-0.15, -0.1) is 0 Å². The average Bonchev–Trinajstić information content (AvgIpc) is 2.13. The minimum absolute atomic E-state index is 0.109. The van der Waals surface area contributed by atoms with Gasteiger partial charge in [-0.2, -0.15) is 26.3 Å². The molecule has 1 aromatic carbocycles. The second-order valence-electron chi connectivity index (χ2n) is 3.10. The van der Waals surface area contributed by atoms with Gasteiger partial charge in [0.15, 0.2) is 0 Å². The molecule has 0 saturated heterocycles. The molecule has 0 saturated carbocycles. The van der Waals surface area contributed by atoms with Crippen LogP contribution in [0.3, 0.4) is 0 Å². The zero-order chi connectivity index (χ0) is 14.3. The summed E-state index contributed by atoms with van der Waals surface area (Å²) in [4.78, 5) is 9.04. The number of nitro groups is 1. The Morgan fingerprint density at radius 1 is 1.00 bits per heavy atom. The molecule has 0 aliphatic heterocycles. The third-order valence-corrected chi connectivity index (χ3v) is 2.20. The van der Waals surface area contributed by atoms with E-state index in [9.17, 15) is 36.5 Å². The van der Waals surface area contributed by atoms with Crippen LogP contribution >= 0.6 is 11.6 Å². The van der Waals surface area contributed by atoms with Gasteiger partial charge in [-0.3, -0.25) is 10.1 Å². The highest BCUT2D eigenvalue weighted by atomic mass is 35.5. The summed E-state index contributed by atoms with van der Waals surface area (Å²) in [7, 11) is 0. The van der Waals surface area contributed by atoms with Crippen LogP contribution < -0.4 is 0 Å². The number of hydrogen-bond donors (Lipinski definition) is 0. The van der Waals surface area contributed by atoms with Crippen LogP contribution in [0, 0.1) is 10.1 Å². The molecule has 10 heteroatoms. The highest BCUT2D eigenvalue weighted by Crippen LogP contribution is 2.43. The average molecular weight is 294 g/mol. The van der Waals surface area contributed by atoms with Gasteiger partial charge in [-0.1, -0.05) is 11.6 Å². The zero-order valence-corrected chi connectivity index (χ0v) is 8.82. The normalized spacial score (nSPS) is 12.6. The molecule has 0 aliphatic carbocycles. The maximum atomic E-state index is 12.4. The molecule has 0 aliphatic rings. The molecule has 1 aromatic rings. The Labute approximate surface area is 100 Å². The Bertz CT molecular complexity index is 496. The number of halogens is 7. The predicted octanol–water partition coefficient (Wildman–Crippen LogP) is 4.29. The molecule has 0 heterocycles. The molecule has 0 atom stereocenters. The van der Waals surface area contributed by atoms with Crippen molar-refractivity contribution in [2.75, 3.05) is 0 Å². The molecule has 18 heavy (non-hydrogen) atoms. The second-order valence-corrected chi connectivity index (χ2v) is 3.51. The number of rotatable bonds is 1. The first-order valence-electron chi connectivity index (χ1n) is 4.07. The summed E-state index contributed by atoms with van der Waals surface area (Å²) in [6, 6.07) is -0.340. The van der Waals surface area contributed by atoms with Gasteiger partial charge in [0.2, 0.25) is 0 Å². The SMILES string of the molecule is O=[N+]([O-])c1cc(C(F)(F)F)c(C(F)(F)F)cc1Cl. The van der Waals surface area contributed by atoms with Crippen molar-refractivity contribution in [1.82, 2.24) is 0 Å².